The van der Waals surface area contributed by atoms with Crippen LogP contribution in [-0.4, -0.2) is 77.8 Å². The van der Waals surface area contributed by atoms with Crippen LogP contribution in [0.1, 0.15) is 43.7 Å². The highest BCUT2D eigenvalue weighted by molar-refractivity contribution is 5.88. The molecule has 1 saturated heterocycles. The smallest absolute Gasteiger partial charge is 0.336 e. The monoisotopic (exact) mass is 612 g/mol. The molecule has 1 fully saturated rings. The summed E-state index contributed by atoms with van der Waals surface area (Å²) in [6.45, 7) is 3.69. The van der Waals surface area contributed by atoms with Crippen LogP contribution in [0.25, 0.3) is 0 Å². The number of nitrogens with one attached hydrogen (secondary N) is 1. The lowest BCUT2D eigenvalue weighted by atomic mass is 9.80. The molecule has 1 aliphatic rings. The number of carboxylic acids is 3. The van der Waals surface area contributed by atoms with Gasteiger partial charge in [-0.05, 0) is 42.7 Å². The van der Waals surface area contributed by atoms with Crippen LogP contribution in [0, 0.1) is 5.82 Å². The number of hydrogen-bond donors (Lipinski definition) is 5. The molecule has 1 aliphatic heterocycles. The Morgan fingerprint density at radius 1 is 0.955 bits per heavy atom. The maximum Gasteiger partial charge on any atom is 0.336 e. The van der Waals surface area contributed by atoms with Gasteiger partial charge in [0.2, 0.25) is 5.91 Å². The third-order valence-electron chi connectivity index (χ3n) is 6.86. The summed E-state index contributed by atoms with van der Waals surface area (Å²) in [5, 5.41) is 36.8. The number of ether oxygens (including phenoxy) is 1. The van der Waals surface area contributed by atoms with Crippen LogP contribution in [0.4, 0.5) is 4.39 Å². The van der Waals surface area contributed by atoms with E-state index < -0.39 is 41.9 Å². The number of halogens is 1. The minimum absolute atomic E-state index is 0.148. The molecule has 3 aromatic rings. The molecule has 44 heavy (non-hydrogen) atoms. The predicted octanol–water partition coefficient (Wildman–Crippen LogP) is 2.79. The minimum atomic E-state index is -2.74. The van der Waals surface area contributed by atoms with Crippen molar-refractivity contribution in [1.29, 1.82) is 0 Å². The molecular formula is C30H33FN4O9. The SMILES string of the molecule is CC(=O)NC1(c2ccccc2F)CCN(Cc2cccc(Oc3ncccn3)c2)CC1.O=C(O)CC(O)(CC(=O)O)C(=O)O. The number of aliphatic hydroxyl groups is 1. The standard InChI is InChI=1S/C24H25FN4O2.C6H8O7/c1-18(30)28-24(21-8-2-3-9-22(21)25)10-14-29(15-11-24)17-19-6-4-7-20(16-19)31-23-26-12-5-13-27-23;7-3(8)1-6(13,5(11)12)2-4(9)10/h2-9,12-13,16H,10-11,14-15,17H2,1H3,(H,28,30);13H,1-2H2,(H,7,8)(H,9,10)(H,11,12). The van der Waals surface area contributed by atoms with Crippen LogP contribution >= 0.6 is 0 Å². The summed E-state index contributed by atoms with van der Waals surface area (Å²) in [6, 6.07) is 16.6. The maximum absolute atomic E-state index is 14.5. The Labute approximate surface area is 252 Å². The van der Waals surface area contributed by atoms with Crippen LogP contribution in [0.5, 0.6) is 11.8 Å². The third kappa shape index (κ3) is 9.54. The summed E-state index contributed by atoms with van der Waals surface area (Å²) in [5.41, 5.74) is -1.75. The van der Waals surface area contributed by atoms with Crippen molar-refractivity contribution in [2.24, 2.45) is 0 Å². The Balaban J connectivity index is 0.000000345. The van der Waals surface area contributed by atoms with Crippen molar-refractivity contribution in [3.63, 3.8) is 0 Å². The number of rotatable bonds is 11. The minimum Gasteiger partial charge on any atom is -0.481 e. The molecule has 2 heterocycles. The van der Waals surface area contributed by atoms with E-state index in [9.17, 15) is 23.6 Å². The van der Waals surface area contributed by atoms with Crippen molar-refractivity contribution in [3.05, 3.63) is 83.9 Å². The summed E-state index contributed by atoms with van der Waals surface area (Å²) in [5.74, 6) is -4.77. The first-order valence-electron chi connectivity index (χ1n) is 13.5. The number of nitrogens with zero attached hydrogens (tertiary/aromatic N) is 3. The molecule has 0 bridgehead atoms. The molecule has 2 aromatic carbocycles. The maximum atomic E-state index is 14.5. The largest absolute Gasteiger partial charge is 0.481 e. The van der Waals surface area contributed by atoms with Crippen molar-refractivity contribution < 1.29 is 48.7 Å². The zero-order valence-corrected chi connectivity index (χ0v) is 23.9. The van der Waals surface area contributed by atoms with E-state index in [2.05, 4.69) is 20.2 Å². The Hall–Kier alpha value is -4.95. The van der Waals surface area contributed by atoms with Crippen LogP contribution < -0.4 is 10.1 Å². The molecule has 234 valence electrons. The molecule has 5 N–H and O–H groups in total. The fourth-order valence-corrected chi connectivity index (χ4v) is 4.86. The zero-order valence-electron chi connectivity index (χ0n) is 23.9. The highest BCUT2D eigenvalue weighted by Crippen LogP contribution is 2.35. The molecular weight excluding hydrogens is 579 g/mol. The molecule has 0 spiro atoms. The second-order valence-corrected chi connectivity index (χ2v) is 10.3. The van der Waals surface area contributed by atoms with Crippen LogP contribution in [-0.2, 0) is 31.3 Å². The molecule has 4 rings (SSSR count). The summed E-state index contributed by atoms with van der Waals surface area (Å²) >= 11 is 0. The topological polar surface area (TPSA) is 199 Å². The lowest BCUT2D eigenvalue weighted by Gasteiger charge is -2.42. The van der Waals surface area contributed by atoms with Crippen molar-refractivity contribution in [2.75, 3.05) is 13.1 Å². The molecule has 1 amide bonds. The summed E-state index contributed by atoms with van der Waals surface area (Å²) in [6.07, 6.45) is 2.26. The first kappa shape index (κ1) is 33.6. The second kappa shape index (κ2) is 15.0. The van der Waals surface area contributed by atoms with Gasteiger partial charge in [-0.1, -0.05) is 30.3 Å². The van der Waals surface area contributed by atoms with E-state index in [1.54, 1.807) is 30.6 Å². The van der Waals surface area contributed by atoms with E-state index in [4.69, 9.17) is 25.2 Å². The van der Waals surface area contributed by atoms with Crippen LogP contribution in [0.2, 0.25) is 0 Å². The van der Waals surface area contributed by atoms with Crippen molar-refractivity contribution in [1.82, 2.24) is 20.2 Å². The molecule has 0 aliphatic carbocycles. The van der Waals surface area contributed by atoms with Gasteiger partial charge in [0.15, 0.2) is 5.60 Å². The van der Waals surface area contributed by atoms with Crippen molar-refractivity contribution in [2.45, 2.75) is 50.3 Å². The first-order chi connectivity index (χ1) is 20.8. The first-order valence-corrected chi connectivity index (χ1v) is 13.5. The highest BCUT2D eigenvalue weighted by Gasteiger charge is 2.41. The van der Waals surface area contributed by atoms with Gasteiger partial charge in [0.25, 0.3) is 0 Å². The number of amides is 1. The van der Waals surface area contributed by atoms with Gasteiger partial charge in [-0.3, -0.25) is 19.3 Å². The van der Waals surface area contributed by atoms with E-state index in [-0.39, 0.29) is 11.7 Å². The fourth-order valence-electron chi connectivity index (χ4n) is 4.86. The van der Waals surface area contributed by atoms with Gasteiger partial charge in [-0.2, -0.15) is 0 Å². The number of benzene rings is 2. The fraction of sp³-hybridized carbons (Fsp3) is 0.333. The van der Waals surface area contributed by atoms with E-state index in [1.807, 2.05) is 30.3 Å². The number of aliphatic carboxylic acids is 3. The van der Waals surface area contributed by atoms with Crippen LogP contribution in [0.3, 0.4) is 0 Å². The quantitative estimate of drug-likeness (QED) is 0.212. The average molecular weight is 613 g/mol. The average Bonchev–Trinajstić information content (AvgIpc) is 2.94. The van der Waals surface area contributed by atoms with E-state index in [0.717, 1.165) is 25.2 Å². The van der Waals surface area contributed by atoms with E-state index >= 15 is 0 Å². The van der Waals surface area contributed by atoms with Gasteiger partial charge in [0, 0.05) is 44.5 Å². The molecule has 0 unspecified atom stereocenters. The zero-order chi connectivity index (χ0) is 32.3. The number of carbonyl (C=O) groups excluding carboxylic acids is 1. The Morgan fingerprint density at radius 2 is 1.57 bits per heavy atom. The van der Waals surface area contributed by atoms with Gasteiger partial charge in [-0.25, -0.2) is 19.2 Å². The van der Waals surface area contributed by atoms with Gasteiger partial charge in [-0.15, -0.1) is 0 Å². The molecule has 14 heteroatoms. The summed E-state index contributed by atoms with van der Waals surface area (Å²) in [4.78, 5) is 52.9. The molecule has 13 nitrogen and oxygen atoms in total. The van der Waals surface area contributed by atoms with Gasteiger partial charge in [0.05, 0.1) is 18.4 Å². The number of hydrogen-bond acceptors (Lipinski definition) is 9. The molecule has 1 aromatic heterocycles. The lowest BCUT2D eigenvalue weighted by Crippen LogP contribution is -2.52. The van der Waals surface area contributed by atoms with Gasteiger partial charge < -0.3 is 30.5 Å². The van der Waals surface area contributed by atoms with E-state index in [0.29, 0.717) is 30.2 Å². The van der Waals surface area contributed by atoms with Crippen molar-refractivity contribution in [3.8, 4) is 11.8 Å². The normalized spacial score (nSPS) is 14.4. The van der Waals surface area contributed by atoms with Gasteiger partial charge in [0.1, 0.15) is 11.6 Å². The highest BCUT2D eigenvalue weighted by atomic mass is 19.1. The number of carboxylic acid groups (broad SMARTS) is 3. The Kier molecular flexibility index (Phi) is 11.4. The Bertz CT molecular complexity index is 1450. The second-order valence-electron chi connectivity index (χ2n) is 10.3. The summed E-state index contributed by atoms with van der Waals surface area (Å²) in [7, 11) is 0. The Morgan fingerprint density at radius 3 is 2.11 bits per heavy atom. The van der Waals surface area contributed by atoms with Gasteiger partial charge >= 0.3 is 23.9 Å². The van der Waals surface area contributed by atoms with E-state index in [1.165, 1.54) is 13.0 Å². The molecule has 0 saturated carbocycles. The third-order valence-corrected chi connectivity index (χ3v) is 6.86. The molecule has 0 radical (unpaired) electrons. The predicted molar refractivity (Wildman–Crippen MR) is 152 cm³/mol. The lowest BCUT2D eigenvalue weighted by molar-refractivity contribution is -0.170. The summed E-state index contributed by atoms with van der Waals surface area (Å²) < 4.78 is 20.3. The van der Waals surface area contributed by atoms with Crippen LogP contribution in [0.15, 0.2) is 67.0 Å². The molecule has 0 atom stereocenters. The number of likely N-dealkylation sites (tertiary alicyclic amines) is 1. The number of piperidine rings is 1. The number of carbonyl (C=O) groups is 4. The number of aromatic nitrogens is 2. The van der Waals surface area contributed by atoms with Crippen molar-refractivity contribution >= 4 is 23.8 Å².